The molecule has 1 aliphatic heterocycles. The highest BCUT2D eigenvalue weighted by Crippen LogP contribution is 2.39. The smallest absolute Gasteiger partial charge is 0.219 e. The zero-order valence-electron chi connectivity index (χ0n) is 9.82. The van der Waals surface area contributed by atoms with Crippen LogP contribution < -0.4 is 20.9 Å². The molecule has 1 amide bonds. The van der Waals surface area contributed by atoms with Crippen molar-refractivity contribution in [3.63, 3.8) is 0 Å². The van der Waals surface area contributed by atoms with Crippen LogP contribution in [0.15, 0.2) is 16.6 Å². The van der Waals surface area contributed by atoms with Crippen LogP contribution in [0.4, 0.5) is 0 Å². The van der Waals surface area contributed by atoms with E-state index in [4.69, 9.17) is 20.9 Å². The lowest BCUT2D eigenvalue weighted by atomic mass is 10.0. The molecule has 1 atom stereocenters. The predicted molar refractivity (Wildman–Crippen MR) is 70.5 cm³/mol. The molecule has 0 aliphatic carbocycles. The van der Waals surface area contributed by atoms with E-state index in [0.29, 0.717) is 24.7 Å². The summed E-state index contributed by atoms with van der Waals surface area (Å²) in [5.41, 5.74) is 11.9. The Labute approximate surface area is 114 Å². The summed E-state index contributed by atoms with van der Waals surface area (Å²) in [6.07, 6.45) is 0.940. The van der Waals surface area contributed by atoms with Gasteiger partial charge in [-0.15, -0.1) is 0 Å². The second-order valence-corrected chi connectivity index (χ2v) is 5.01. The lowest BCUT2D eigenvalue weighted by Gasteiger charge is -2.15. The van der Waals surface area contributed by atoms with Gasteiger partial charge in [0, 0.05) is 18.9 Å². The lowest BCUT2D eigenvalue weighted by Crippen LogP contribution is -2.20. The van der Waals surface area contributed by atoms with Gasteiger partial charge in [-0.25, -0.2) is 0 Å². The van der Waals surface area contributed by atoms with Crippen LogP contribution in [0.2, 0.25) is 0 Å². The minimum Gasteiger partial charge on any atom is -0.490 e. The minimum absolute atomic E-state index is 0.103. The molecule has 2 rings (SSSR count). The number of hydrogen-bond donors (Lipinski definition) is 2. The van der Waals surface area contributed by atoms with Gasteiger partial charge in [0.1, 0.15) is 0 Å². The van der Waals surface area contributed by atoms with E-state index in [-0.39, 0.29) is 6.42 Å². The summed E-state index contributed by atoms with van der Waals surface area (Å²) in [7, 11) is 0. The molecular formula is C12H15BrN2O3. The van der Waals surface area contributed by atoms with Gasteiger partial charge >= 0.3 is 0 Å². The molecule has 1 heterocycles. The number of ether oxygens (including phenoxy) is 2. The summed E-state index contributed by atoms with van der Waals surface area (Å²) in [6.45, 7) is 1.23. The van der Waals surface area contributed by atoms with Gasteiger partial charge in [-0.05, 0) is 33.6 Å². The van der Waals surface area contributed by atoms with Gasteiger partial charge in [-0.2, -0.15) is 0 Å². The average Bonchev–Trinajstić information content (AvgIpc) is 2.53. The Morgan fingerprint density at radius 2 is 2.11 bits per heavy atom. The van der Waals surface area contributed by atoms with Crippen molar-refractivity contribution < 1.29 is 14.3 Å². The number of hydrogen-bond acceptors (Lipinski definition) is 4. The summed E-state index contributed by atoms with van der Waals surface area (Å²) in [6, 6.07) is 3.20. The van der Waals surface area contributed by atoms with E-state index in [0.717, 1.165) is 16.5 Å². The van der Waals surface area contributed by atoms with Gasteiger partial charge in [0.15, 0.2) is 11.5 Å². The number of nitrogens with two attached hydrogens (primary N) is 2. The monoisotopic (exact) mass is 314 g/mol. The van der Waals surface area contributed by atoms with Crippen LogP contribution in [0.3, 0.4) is 0 Å². The molecule has 0 aromatic heterocycles. The van der Waals surface area contributed by atoms with Crippen molar-refractivity contribution in [1.82, 2.24) is 0 Å². The van der Waals surface area contributed by atoms with Crippen molar-refractivity contribution >= 4 is 21.8 Å². The Morgan fingerprint density at radius 1 is 1.39 bits per heavy atom. The number of fused-ring (bicyclic) bond motifs is 1. The van der Waals surface area contributed by atoms with Gasteiger partial charge < -0.3 is 20.9 Å². The van der Waals surface area contributed by atoms with Crippen LogP contribution in [0.1, 0.15) is 24.4 Å². The van der Waals surface area contributed by atoms with Gasteiger partial charge in [0.25, 0.3) is 0 Å². The Bertz CT molecular complexity index is 465. The van der Waals surface area contributed by atoms with E-state index in [2.05, 4.69) is 15.9 Å². The van der Waals surface area contributed by atoms with Crippen LogP contribution in [0.5, 0.6) is 11.5 Å². The number of halogens is 1. The summed E-state index contributed by atoms with van der Waals surface area (Å²) in [5, 5.41) is 0. The predicted octanol–water partition coefficient (Wildman–Crippen LogP) is 1.49. The number of benzene rings is 1. The Hall–Kier alpha value is -1.27. The molecule has 1 aliphatic rings. The van der Waals surface area contributed by atoms with E-state index >= 15 is 0 Å². The molecule has 1 aromatic carbocycles. The molecule has 98 valence electrons. The third-order valence-electron chi connectivity index (χ3n) is 2.67. The molecule has 0 saturated heterocycles. The van der Waals surface area contributed by atoms with E-state index < -0.39 is 11.9 Å². The van der Waals surface area contributed by atoms with E-state index in [9.17, 15) is 4.79 Å². The maximum atomic E-state index is 10.9. The molecular weight excluding hydrogens is 300 g/mol. The topological polar surface area (TPSA) is 87.6 Å². The van der Waals surface area contributed by atoms with Crippen LogP contribution in [0, 0.1) is 0 Å². The first-order chi connectivity index (χ1) is 8.58. The van der Waals surface area contributed by atoms with Crippen molar-refractivity contribution in [3.8, 4) is 11.5 Å². The SMILES string of the molecule is NC(=O)CC(N)c1cc(Br)c2c(c1)OCCCO2. The quantitative estimate of drug-likeness (QED) is 0.884. The minimum atomic E-state index is -0.434. The van der Waals surface area contributed by atoms with Gasteiger partial charge in [-0.3, -0.25) is 4.79 Å². The van der Waals surface area contributed by atoms with Crippen molar-refractivity contribution in [3.05, 3.63) is 22.2 Å². The van der Waals surface area contributed by atoms with E-state index in [1.165, 1.54) is 0 Å². The molecule has 5 nitrogen and oxygen atoms in total. The summed E-state index contributed by atoms with van der Waals surface area (Å²) >= 11 is 3.43. The molecule has 4 N–H and O–H groups in total. The van der Waals surface area contributed by atoms with Crippen LogP contribution >= 0.6 is 15.9 Å². The van der Waals surface area contributed by atoms with Crippen LogP contribution in [-0.4, -0.2) is 19.1 Å². The molecule has 6 heteroatoms. The molecule has 0 fully saturated rings. The largest absolute Gasteiger partial charge is 0.490 e. The fourth-order valence-electron chi connectivity index (χ4n) is 1.80. The highest BCUT2D eigenvalue weighted by Gasteiger charge is 2.18. The molecule has 1 aromatic rings. The fourth-order valence-corrected chi connectivity index (χ4v) is 2.37. The summed E-state index contributed by atoms with van der Waals surface area (Å²) in [5.74, 6) is 0.907. The maximum absolute atomic E-state index is 10.9. The first kappa shape index (κ1) is 13.2. The first-order valence-corrected chi connectivity index (χ1v) is 6.50. The van der Waals surface area contributed by atoms with E-state index in [1.54, 1.807) is 6.07 Å². The zero-order valence-corrected chi connectivity index (χ0v) is 11.4. The van der Waals surface area contributed by atoms with Crippen molar-refractivity contribution in [1.29, 1.82) is 0 Å². The standard InChI is InChI=1S/C12H15BrN2O3/c13-8-4-7(9(14)6-11(15)16)5-10-12(8)18-3-1-2-17-10/h4-5,9H,1-3,6,14H2,(H2,15,16). The van der Waals surface area contributed by atoms with Crippen molar-refractivity contribution in [2.45, 2.75) is 18.9 Å². The lowest BCUT2D eigenvalue weighted by molar-refractivity contribution is -0.118. The second kappa shape index (κ2) is 5.58. The fraction of sp³-hybridized carbons (Fsp3) is 0.417. The van der Waals surface area contributed by atoms with Crippen LogP contribution in [-0.2, 0) is 4.79 Å². The first-order valence-electron chi connectivity index (χ1n) is 5.71. The van der Waals surface area contributed by atoms with Gasteiger partial charge in [0.05, 0.1) is 17.7 Å². The Balaban J connectivity index is 2.31. The molecule has 18 heavy (non-hydrogen) atoms. The molecule has 0 bridgehead atoms. The molecule has 1 unspecified atom stereocenters. The zero-order chi connectivity index (χ0) is 13.1. The third-order valence-corrected chi connectivity index (χ3v) is 3.26. The Morgan fingerprint density at radius 3 is 2.83 bits per heavy atom. The Kier molecular flexibility index (Phi) is 4.08. The van der Waals surface area contributed by atoms with Crippen molar-refractivity contribution in [2.24, 2.45) is 11.5 Å². The number of carbonyl (C=O) groups excluding carboxylic acids is 1. The number of primary amides is 1. The summed E-state index contributed by atoms with van der Waals surface area (Å²) < 4.78 is 12.0. The van der Waals surface area contributed by atoms with Crippen LogP contribution in [0.25, 0.3) is 0 Å². The van der Waals surface area contributed by atoms with Gasteiger partial charge in [0.2, 0.25) is 5.91 Å². The average molecular weight is 315 g/mol. The summed E-state index contributed by atoms with van der Waals surface area (Å²) in [4.78, 5) is 10.9. The maximum Gasteiger partial charge on any atom is 0.219 e. The second-order valence-electron chi connectivity index (χ2n) is 4.16. The highest BCUT2D eigenvalue weighted by atomic mass is 79.9. The molecule has 0 saturated carbocycles. The number of rotatable bonds is 3. The third kappa shape index (κ3) is 2.94. The van der Waals surface area contributed by atoms with E-state index in [1.807, 2.05) is 6.07 Å². The number of carbonyl (C=O) groups is 1. The highest BCUT2D eigenvalue weighted by molar-refractivity contribution is 9.10. The van der Waals surface area contributed by atoms with Crippen molar-refractivity contribution in [2.75, 3.05) is 13.2 Å². The molecule has 0 spiro atoms. The van der Waals surface area contributed by atoms with Gasteiger partial charge in [-0.1, -0.05) is 0 Å². The number of amides is 1. The molecule has 0 radical (unpaired) electrons. The normalized spacial score (nSPS) is 15.9.